The molecule has 0 N–H and O–H groups in total. The van der Waals surface area contributed by atoms with E-state index in [-0.39, 0.29) is 5.97 Å². The summed E-state index contributed by atoms with van der Waals surface area (Å²) in [6.45, 7) is 2.18. The van der Waals surface area contributed by atoms with E-state index in [1.54, 1.807) is 0 Å². The van der Waals surface area contributed by atoms with Crippen LogP contribution in [0.4, 0.5) is 0 Å². The molecule has 0 aliphatic heterocycles. The molecule has 0 heterocycles. The molecule has 0 aromatic rings. The molecular weight excluding hydrogens is 140 g/mol. The Balaban J connectivity index is 3.06. The summed E-state index contributed by atoms with van der Waals surface area (Å²) < 4.78 is 4.61. The Morgan fingerprint density at radius 2 is 2.44 bits per heavy atom. The first-order valence-electron chi connectivity index (χ1n) is 2.87. The van der Waals surface area contributed by atoms with E-state index < -0.39 is 0 Å². The Labute approximate surface area is 60.1 Å². The van der Waals surface area contributed by atoms with E-state index >= 15 is 0 Å². The minimum absolute atomic E-state index is 0.279. The minimum atomic E-state index is -0.279. The van der Waals surface area contributed by atoms with Gasteiger partial charge in [-0.05, 0) is 6.42 Å². The van der Waals surface area contributed by atoms with E-state index in [9.17, 15) is 4.79 Å². The van der Waals surface area contributed by atoms with E-state index in [1.807, 2.05) is 6.92 Å². The van der Waals surface area contributed by atoms with Crippen molar-refractivity contribution in [2.75, 3.05) is 12.5 Å². The summed E-state index contributed by atoms with van der Waals surface area (Å²) in [6.07, 6.45) is 2.19. The first-order valence-corrected chi connectivity index (χ1v) is 3.40. The lowest BCUT2D eigenvalue weighted by Gasteiger charge is -1.97. The van der Waals surface area contributed by atoms with E-state index in [0.717, 1.165) is 0 Å². The first-order chi connectivity index (χ1) is 4.31. The minimum Gasteiger partial charge on any atom is -0.464 e. The van der Waals surface area contributed by atoms with Crippen LogP contribution in [0.5, 0.6) is 0 Å². The molecule has 2 nitrogen and oxygen atoms in total. The van der Waals surface area contributed by atoms with Crippen LogP contribution < -0.4 is 0 Å². The molecule has 0 atom stereocenters. The van der Waals surface area contributed by atoms with Gasteiger partial charge in [0, 0.05) is 0 Å². The number of esters is 1. The molecule has 0 amide bonds. The van der Waals surface area contributed by atoms with Crippen molar-refractivity contribution in [3.63, 3.8) is 0 Å². The fourth-order valence-corrected chi connectivity index (χ4v) is 0.442. The average molecular weight is 150 g/mol. The standard InChI is InChI=1S/C6H10ClO2/c1-2-3-6(8)9-5-4-7/h3H,2,4-5H2,1H3. The maximum absolute atomic E-state index is 10.5. The van der Waals surface area contributed by atoms with E-state index in [0.29, 0.717) is 18.9 Å². The molecule has 0 fully saturated rings. The van der Waals surface area contributed by atoms with Crippen LogP contribution in [0.2, 0.25) is 0 Å². The number of carbonyl (C=O) groups is 1. The van der Waals surface area contributed by atoms with Crippen LogP contribution in [0.25, 0.3) is 0 Å². The Kier molecular flexibility index (Phi) is 5.73. The van der Waals surface area contributed by atoms with Crippen molar-refractivity contribution in [3.8, 4) is 0 Å². The van der Waals surface area contributed by atoms with Crippen molar-refractivity contribution in [2.45, 2.75) is 13.3 Å². The molecule has 0 aromatic carbocycles. The van der Waals surface area contributed by atoms with Gasteiger partial charge in [-0.3, -0.25) is 4.79 Å². The van der Waals surface area contributed by atoms with Crippen LogP contribution in [0.1, 0.15) is 13.3 Å². The molecule has 1 radical (unpaired) electrons. The third-order valence-corrected chi connectivity index (χ3v) is 0.847. The van der Waals surface area contributed by atoms with Gasteiger partial charge in [-0.2, -0.15) is 0 Å². The fourth-order valence-electron chi connectivity index (χ4n) is 0.365. The van der Waals surface area contributed by atoms with Crippen LogP contribution >= 0.6 is 11.6 Å². The number of halogens is 1. The predicted molar refractivity (Wildman–Crippen MR) is 36.3 cm³/mol. The van der Waals surface area contributed by atoms with Crippen LogP contribution in [-0.4, -0.2) is 18.5 Å². The summed E-state index contributed by atoms with van der Waals surface area (Å²) in [5, 5.41) is 0. The van der Waals surface area contributed by atoms with Crippen molar-refractivity contribution >= 4 is 17.6 Å². The Morgan fingerprint density at radius 3 is 2.89 bits per heavy atom. The molecule has 0 rings (SSSR count). The quantitative estimate of drug-likeness (QED) is 0.446. The topological polar surface area (TPSA) is 26.3 Å². The van der Waals surface area contributed by atoms with Crippen LogP contribution in [0.15, 0.2) is 0 Å². The lowest BCUT2D eigenvalue weighted by molar-refractivity contribution is -0.139. The van der Waals surface area contributed by atoms with Gasteiger partial charge in [0.15, 0.2) is 0 Å². The smallest absolute Gasteiger partial charge is 0.309 e. The second kappa shape index (κ2) is 5.89. The monoisotopic (exact) mass is 149 g/mol. The summed E-state index contributed by atoms with van der Waals surface area (Å²) in [7, 11) is 0. The van der Waals surface area contributed by atoms with Crippen molar-refractivity contribution in [3.05, 3.63) is 6.42 Å². The summed E-state index contributed by atoms with van der Waals surface area (Å²) in [4.78, 5) is 10.5. The summed E-state index contributed by atoms with van der Waals surface area (Å²) in [6, 6.07) is 0. The molecule has 0 unspecified atom stereocenters. The van der Waals surface area contributed by atoms with Crippen molar-refractivity contribution in [1.29, 1.82) is 0 Å². The van der Waals surface area contributed by atoms with Gasteiger partial charge in [-0.1, -0.05) is 6.92 Å². The van der Waals surface area contributed by atoms with Gasteiger partial charge in [0.1, 0.15) is 6.61 Å². The predicted octanol–water partition coefficient (Wildman–Crippen LogP) is 1.38. The van der Waals surface area contributed by atoms with Crippen LogP contribution in [0.3, 0.4) is 0 Å². The molecule has 0 bridgehead atoms. The number of rotatable bonds is 4. The van der Waals surface area contributed by atoms with E-state index in [1.165, 1.54) is 6.42 Å². The van der Waals surface area contributed by atoms with Gasteiger partial charge >= 0.3 is 5.97 Å². The highest BCUT2D eigenvalue weighted by molar-refractivity contribution is 6.18. The molecule has 0 aliphatic rings. The molecule has 0 saturated carbocycles. The number of hydrogen-bond acceptors (Lipinski definition) is 2. The normalized spacial score (nSPS) is 9.11. The number of ether oxygens (including phenoxy) is 1. The Hall–Kier alpha value is -0.240. The second-order valence-corrected chi connectivity index (χ2v) is 1.85. The summed E-state index contributed by atoms with van der Waals surface area (Å²) in [5.41, 5.74) is 0. The molecule has 0 aliphatic carbocycles. The number of carbonyl (C=O) groups excluding carboxylic acids is 1. The van der Waals surface area contributed by atoms with Crippen molar-refractivity contribution in [2.24, 2.45) is 0 Å². The molecule has 0 saturated heterocycles. The summed E-state index contributed by atoms with van der Waals surface area (Å²) >= 11 is 5.25. The van der Waals surface area contributed by atoms with Gasteiger partial charge < -0.3 is 4.74 Å². The number of hydrogen-bond donors (Lipinski definition) is 0. The zero-order chi connectivity index (χ0) is 7.11. The molecule has 53 valence electrons. The largest absolute Gasteiger partial charge is 0.464 e. The molecule has 9 heavy (non-hydrogen) atoms. The average Bonchev–Trinajstić information content (AvgIpc) is 1.85. The Morgan fingerprint density at radius 1 is 1.78 bits per heavy atom. The third kappa shape index (κ3) is 5.63. The highest BCUT2D eigenvalue weighted by Crippen LogP contribution is 1.89. The second-order valence-electron chi connectivity index (χ2n) is 1.47. The zero-order valence-electron chi connectivity index (χ0n) is 5.39. The third-order valence-electron chi connectivity index (χ3n) is 0.692. The molecular formula is C6H10ClO2. The van der Waals surface area contributed by atoms with Crippen LogP contribution in [-0.2, 0) is 9.53 Å². The molecule has 0 aromatic heterocycles. The fraction of sp³-hybridized carbons (Fsp3) is 0.667. The first kappa shape index (κ1) is 8.76. The van der Waals surface area contributed by atoms with E-state index in [2.05, 4.69) is 4.74 Å². The maximum atomic E-state index is 10.5. The van der Waals surface area contributed by atoms with Crippen molar-refractivity contribution < 1.29 is 9.53 Å². The van der Waals surface area contributed by atoms with Crippen LogP contribution in [0, 0.1) is 6.42 Å². The van der Waals surface area contributed by atoms with Gasteiger partial charge in [-0.15, -0.1) is 11.6 Å². The van der Waals surface area contributed by atoms with Gasteiger partial charge in [0.2, 0.25) is 0 Å². The van der Waals surface area contributed by atoms with Gasteiger partial charge in [0.25, 0.3) is 0 Å². The zero-order valence-corrected chi connectivity index (χ0v) is 6.15. The lowest BCUT2D eigenvalue weighted by Crippen LogP contribution is -2.06. The van der Waals surface area contributed by atoms with Gasteiger partial charge in [0.05, 0.1) is 12.3 Å². The SMILES string of the molecule is CC[CH]C(=O)OCCCl. The highest BCUT2D eigenvalue weighted by atomic mass is 35.5. The molecule has 3 heteroatoms. The highest BCUT2D eigenvalue weighted by Gasteiger charge is 1.98. The lowest BCUT2D eigenvalue weighted by atomic mass is 10.3. The van der Waals surface area contributed by atoms with E-state index in [4.69, 9.17) is 11.6 Å². The van der Waals surface area contributed by atoms with Gasteiger partial charge in [-0.25, -0.2) is 0 Å². The summed E-state index contributed by atoms with van der Waals surface area (Å²) in [5.74, 6) is 0.0849. The van der Waals surface area contributed by atoms with Crippen molar-refractivity contribution in [1.82, 2.24) is 0 Å². The Bertz CT molecular complexity index is 83.1. The number of alkyl halides is 1. The molecule has 0 spiro atoms. The maximum Gasteiger partial charge on any atom is 0.309 e.